The normalized spacial score (nSPS) is 15.8. The predicted molar refractivity (Wildman–Crippen MR) is 202 cm³/mol. The Bertz CT molecular complexity index is 1550. The second-order valence-corrected chi connectivity index (χ2v) is 14.0. The van der Waals surface area contributed by atoms with Crippen LogP contribution in [0.2, 0.25) is 0 Å². The number of hydrogen-bond acceptors (Lipinski definition) is 11. The molecule has 13 N–H and O–H groups in total. The van der Waals surface area contributed by atoms with Gasteiger partial charge in [-0.1, -0.05) is 27.7 Å². The summed E-state index contributed by atoms with van der Waals surface area (Å²) in [5, 5.41) is 27.0. The van der Waals surface area contributed by atoms with Crippen LogP contribution in [-0.2, 0) is 44.8 Å². The van der Waals surface area contributed by atoms with E-state index in [2.05, 4.69) is 52.2 Å². The summed E-state index contributed by atoms with van der Waals surface area (Å²) < 4.78 is 0. The van der Waals surface area contributed by atoms with Gasteiger partial charge in [-0.3, -0.25) is 43.3 Å². The van der Waals surface area contributed by atoms with E-state index in [1.54, 1.807) is 34.7 Å². The summed E-state index contributed by atoms with van der Waals surface area (Å²) in [6.07, 6.45) is 4.14. The number of H-pyrrole nitrogens is 1. The van der Waals surface area contributed by atoms with Gasteiger partial charge >= 0.3 is 5.97 Å². The van der Waals surface area contributed by atoms with E-state index in [-0.39, 0.29) is 38.4 Å². The quantitative estimate of drug-likeness (QED) is 0.0285. The Hall–Kier alpha value is -5.80. The lowest BCUT2D eigenvalue weighted by atomic mass is 10.0. The smallest absolute Gasteiger partial charge is 0.322 e. The molecule has 1 aromatic rings. The number of hydrogen-bond donors (Lipinski definition) is 11. The van der Waals surface area contributed by atoms with Crippen LogP contribution in [0.5, 0.6) is 0 Å². The highest BCUT2D eigenvalue weighted by Crippen LogP contribution is 2.20. The standard InChI is InChI=1S/C34H57N13O9/c1-18(2)27(46-29(52)21(43-24(48)14-37-5)8-6-10-39-34(35)36)31(54)40-15-25(49)45-28(19(3)4)32(55)44-22(12-20-13-38-17-42-20)33(56)47-11-7-9-23(47)30(53)41-16-26(50)51/h13,17-19,21-23,27-28,37H,6-12,14-16H2,1-5H3,(H,38,42)(H,40,54)(H,41,53)(H,43,48)(H,44,55)(H,45,49)(H,46,52)(H,50,51)(H4,35,36,39)/t21-,22-,23-,27-,28-/m0/s1. The predicted octanol–water partition coefficient (Wildman–Crippen LogP) is -4.22. The third-order valence-electron chi connectivity index (χ3n) is 8.72. The number of likely N-dealkylation sites (tertiary alicyclic amines) is 1. The van der Waals surface area contributed by atoms with Crippen molar-refractivity contribution in [2.45, 2.75) is 90.0 Å². The number of nitrogens with one attached hydrogen (secondary N) is 8. The fourth-order valence-corrected chi connectivity index (χ4v) is 5.87. The van der Waals surface area contributed by atoms with Crippen LogP contribution >= 0.6 is 0 Å². The van der Waals surface area contributed by atoms with Crippen LogP contribution in [-0.4, -0.2) is 143 Å². The molecule has 0 bridgehead atoms. The third-order valence-corrected chi connectivity index (χ3v) is 8.72. The molecule has 22 nitrogen and oxygen atoms in total. The van der Waals surface area contributed by atoms with Crippen LogP contribution in [0.3, 0.4) is 0 Å². The van der Waals surface area contributed by atoms with Gasteiger partial charge in [-0.2, -0.15) is 0 Å². The van der Waals surface area contributed by atoms with Crippen molar-refractivity contribution in [1.29, 1.82) is 0 Å². The molecule has 1 fully saturated rings. The van der Waals surface area contributed by atoms with Crippen LogP contribution in [0.25, 0.3) is 0 Å². The Kier molecular flexibility index (Phi) is 19.2. The zero-order chi connectivity index (χ0) is 41.9. The SMILES string of the molecule is CNCC(=O)N[C@@H](CCCN=C(N)N)C(=O)N[C@H](C(=O)NCC(=O)N[C@H](C(=O)N[C@@H](Cc1cnc[nH]1)C(=O)N1CCC[C@H]1C(=O)NCC(=O)O)C(C)C)C(C)C. The van der Waals surface area contributed by atoms with Gasteiger partial charge in [-0.05, 0) is 44.6 Å². The number of aliphatic carboxylic acids is 1. The molecule has 0 saturated carbocycles. The van der Waals surface area contributed by atoms with Gasteiger partial charge in [0.25, 0.3) is 0 Å². The summed E-state index contributed by atoms with van der Waals surface area (Å²) in [7, 11) is 1.57. The molecule has 56 heavy (non-hydrogen) atoms. The number of likely N-dealkylation sites (N-methyl/N-ethyl adjacent to an activating group) is 1. The first-order valence-electron chi connectivity index (χ1n) is 18.4. The van der Waals surface area contributed by atoms with Gasteiger partial charge in [0, 0.05) is 31.4 Å². The number of rotatable bonds is 23. The van der Waals surface area contributed by atoms with Crippen molar-refractivity contribution in [2.24, 2.45) is 28.3 Å². The average Bonchev–Trinajstić information content (AvgIpc) is 3.84. The number of aliphatic imine (C=N–C) groups is 1. The topological polar surface area (TPSA) is 337 Å². The number of aromatic amines is 1. The lowest BCUT2D eigenvalue weighted by Gasteiger charge is -2.30. The zero-order valence-corrected chi connectivity index (χ0v) is 32.5. The maximum Gasteiger partial charge on any atom is 0.322 e. The van der Waals surface area contributed by atoms with Gasteiger partial charge in [-0.15, -0.1) is 0 Å². The van der Waals surface area contributed by atoms with Gasteiger partial charge in [0.1, 0.15) is 36.8 Å². The number of nitrogens with zero attached hydrogens (tertiary/aromatic N) is 3. The molecule has 1 aliphatic heterocycles. The van der Waals surface area contributed by atoms with Crippen LogP contribution in [0.1, 0.15) is 59.1 Å². The molecule has 1 saturated heterocycles. The lowest BCUT2D eigenvalue weighted by molar-refractivity contribution is -0.143. The van der Waals surface area contributed by atoms with Gasteiger partial charge in [0.2, 0.25) is 41.4 Å². The van der Waals surface area contributed by atoms with Gasteiger partial charge in [0.15, 0.2) is 5.96 Å². The molecule has 1 aliphatic rings. The second kappa shape index (κ2) is 23.2. The minimum Gasteiger partial charge on any atom is -0.480 e. The number of amides is 7. The van der Waals surface area contributed by atoms with Crippen molar-refractivity contribution >= 4 is 53.3 Å². The van der Waals surface area contributed by atoms with Crippen molar-refractivity contribution in [1.82, 2.24) is 52.1 Å². The molecule has 22 heteroatoms. The van der Waals surface area contributed by atoms with E-state index >= 15 is 0 Å². The molecule has 2 rings (SSSR count). The Labute approximate surface area is 324 Å². The van der Waals surface area contributed by atoms with Crippen molar-refractivity contribution < 1.29 is 43.5 Å². The van der Waals surface area contributed by atoms with Crippen molar-refractivity contribution in [2.75, 3.05) is 39.8 Å². The highest BCUT2D eigenvalue weighted by Gasteiger charge is 2.39. The van der Waals surface area contributed by atoms with Crippen molar-refractivity contribution in [3.05, 3.63) is 18.2 Å². The first-order valence-corrected chi connectivity index (χ1v) is 18.4. The highest BCUT2D eigenvalue weighted by molar-refractivity contribution is 5.97. The fourth-order valence-electron chi connectivity index (χ4n) is 5.87. The third kappa shape index (κ3) is 15.5. The summed E-state index contributed by atoms with van der Waals surface area (Å²) >= 11 is 0. The van der Waals surface area contributed by atoms with E-state index in [0.717, 1.165) is 0 Å². The molecule has 5 atom stereocenters. The van der Waals surface area contributed by atoms with Gasteiger partial charge < -0.3 is 63.7 Å². The van der Waals surface area contributed by atoms with E-state index in [1.807, 2.05) is 0 Å². The Morgan fingerprint density at radius 1 is 0.875 bits per heavy atom. The number of imidazole rings is 1. The Morgan fingerprint density at radius 3 is 2.12 bits per heavy atom. The Morgan fingerprint density at radius 2 is 1.54 bits per heavy atom. The van der Waals surface area contributed by atoms with Crippen LogP contribution in [0.4, 0.5) is 0 Å². The average molecular weight is 792 g/mol. The molecule has 312 valence electrons. The summed E-state index contributed by atoms with van der Waals surface area (Å²) in [5.74, 6) is -6.69. The van der Waals surface area contributed by atoms with E-state index in [1.165, 1.54) is 17.4 Å². The summed E-state index contributed by atoms with van der Waals surface area (Å²) in [6, 6.07) is -5.41. The summed E-state index contributed by atoms with van der Waals surface area (Å²) in [6.45, 7) is 5.90. The maximum absolute atomic E-state index is 13.8. The number of aromatic nitrogens is 2. The van der Waals surface area contributed by atoms with Crippen LogP contribution in [0, 0.1) is 11.8 Å². The molecule has 2 heterocycles. The largest absolute Gasteiger partial charge is 0.480 e. The summed E-state index contributed by atoms with van der Waals surface area (Å²) in [5.41, 5.74) is 11.2. The number of carboxylic acid groups (broad SMARTS) is 1. The van der Waals surface area contributed by atoms with Crippen molar-refractivity contribution in [3.63, 3.8) is 0 Å². The van der Waals surface area contributed by atoms with Crippen LogP contribution in [0.15, 0.2) is 17.5 Å². The van der Waals surface area contributed by atoms with E-state index in [4.69, 9.17) is 16.6 Å². The minimum absolute atomic E-state index is 0.0298. The number of guanidine groups is 1. The lowest BCUT2D eigenvalue weighted by Crippen LogP contribution is -2.59. The van der Waals surface area contributed by atoms with Gasteiger partial charge in [-0.25, -0.2) is 4.98 Å². The molecule has 0 spiro atoms. The molecule has 0 radical (unpaired) electrons. The number of nitrogens with two attached hydrogens (primary N) is 2. The second-order valence-electron chi connectivity index (χ2n) is 14.0. The monoisotopic (exact) mass is 791 g/mol. The number of carbonyl (C=O) groups excluding carboxylic acids is 7. The van der Waals surface area contributed by atoms with E-state index < -0.39 is 102 Å². The highest BCUT2D eigenvalue weighted by atomic mass is 16.4. The molecular formula is C34H57N13O9. The first kappa shape index (κ1) is 46.4. The molecule has 1 aromatic heterocycles. The number of carbonyl (C=O) groups is 8. The molecule has 7 amide bonds. The maximum atomic E-state index is 13.8. The molecule has 0 aliphatic carbocycles. The molecule has 0 unspecified atom stereocenters. The first-order chi connectivity index (χ1) is 26.4. The van der Waals surface area contributed by atoms with E-state index in [0.29, 0.717) is 25.0 Å². The van der Waals surface area contributed by atoms with Crippen LogP contribution < -0.4 is 48.7 Å². The van der Waals surface area contributed by atoms with E-state index in [9.17, 15) is 38.4 Å². The zero-order valence-electron chi connectivity index (χ0n) is 32.5. The Balaban J connectivity index is 2.12. The molecular weight excluding hydrogens is 734 g/mol. The number of carboxylic acids is 1. The fraction of sp³-hybridized carbons (Fsp3) is 0.647. The van der Waals surface area contributed by atoms with Crippen molar-refractivity contribution in [3.8, 4) is 0 Å². The summed E-state index contributed by atoms with van der Waals surface area (Å²) in [4.78, 5) is 115. The molecule has 0 aromatic carbocycles. The van der Waals surface area contributed by atoms with Gasteiger partial charge in [0.05, 0.1) is 19.4 Å². The minimum atomic E-state index is -1.24.